The van der Waals surface area contributed by atoms with Gasteiger partial charge in [-0.1, -0.05) is 6.07 Å². The second-order valence-electron chi connectivity index (χ2n) is 5.30. The van der Waals surface area contributed by atoms with Crippen molar-refractivity contribution in [1.82, 2.24) is 9.62 Å². The van der Waals surface area contributed by atoms with Gasteiger partial charge in [0.25, 0.3) is 0 Å². The first-order valence-corrected chi connectivity index (χ1v) is 8.71. The summed E-state index contributed by atoms with van der Waals surface area (Å²) in [7, 11) is -3.26. The van der Waals surface area contributed by atoms with E-state index in [0.717, 1.165) is 12.8 Å². The van der Waals surface area contributed by atoms with Gasteiger partial charge in [-0.05, 0) is 38.4 Å². The molecule has 1 fully saturated rings. The van der Waals surface area contributed by atoms with Crippen molar-refractivity contribution in [3.05, 3.63) is 35.4 Å². The summed E-state index contributed by atoms with van der Waals surface area (Å²) >= 11 is 0. The predicted molar refractivity (Wildman–Crippen MR) is 77.3 cm³/mol. The zero-order chi connectivity index (χ0) is 15.5. The van der Waals surface area contributed by atoms with Crippen molar-refractivity contribution in [2.45, 2.75) is 32.4 Å². The van der Waals surface area contributed by atoms with Crippen LogP contribution in [-0.2, 0) is 16.6 Å². The minimum Gasteiger partial charge on any atom is -0.297 e. The fraction of sp³-hybridized carbons (Fsp3) is 0.571. The van der Waals surface area contributed by atoms with Crippen molar-refractivity contribution < 1.29 is 17.2 Å². The molecule has 4 nitrogen and oxygen atoms in total. The molecular formula is C14H20F2N2O2S. The quantitative estimate of drug-likeness (QED) is 0.902. The summed E-state index contributed by atoms with van der Waals surface area (Å²) in [5.41, 5.74) is 0.0384. The van der Waals surface area contributed by atoms with Crippen LogP contribution in [-0.4, -0.2) is 38.2 Å². The molecule has 0 saturated carbocycles. The lowest BCUT2D eigenvalue weighted by molar-refractivity contribution is 0.190. The molecule has 7 heteroatoms. The minimum absolute atomic E-state index is 0.0332. The van der Waals surface area contributed by atoms with Crippen LogP contribution in [0.5, 0.6) is 0 Å². The zero-order valence-electron chi connectivity index (χ0n) is 12.0. The molecule has 0 aromatic heterocycles. The van der Waals surface area contributed by atoms with Gasteiger partial charge in [0.2, 0.25) is 10.0 Å². The van der Waals surface area contributed by atoms with Crippen LogP contribution in [0.3, 0.4) is 0 Å². The standard InChI is InChI=1S/C14H20F2N2O2S/c1-2-21(19,20)17-11-5-4-8-18(9-11)10-12-13(15)6-3-7-14(12)16/h3,6-7,11,17H,2,4-5,8-10H2,1H3/t11-/m1/s1. The third-order valence-electron chi connectivity index (χ3n) is 3.68. The maximum Gasteiger partial charge on any atom is 0.211 e. The summed E-state index contributed by atoms with van der Waals surface area (Å²) in [6, 6.07) is 3.61. The lowest BCUT2D eigenvalue weighted by Crippen LogP contribution is -2.47. The molecule has 0 unspecified atom stereocenters. The molecule has 1 saturated heterocycles. The van der Waals surface area contributed by atoms with E-state index in [4.69, 9.17) is 0 Å². The Kier molecular flexibility index (Phi) is 5.29. The van der Waals surface area contributed by atoms with Gasteiger partial charge >= 0.3 is 0 Å². The molecule has 1 aromatic carbocycles. The first-order valence-electron chi connectivity index (χ1n) is 7.06. The number of hydrogen-bond acceptors (Lipinski definition) is 3. The molecular weight excluding hydrogens is 298 g/mol. The molecule has 1 N–H and O–H groups in total. The molecule has 21 heavy (non-hydrogen) atoms. The molecule has 1 heterocycles. The first-order chi connectivity index (χ1) is 9.91. The number of halogens is 2. The Morgan fingerprint density at radius 1 is 1.33 bits per heavy atom. The SMILES string of the molecule is CCS(=O)(=O)N[C@@H]1CCCN(Cc2c(F)cccc2F)C1. The number of benzene rings is 1. The Morgan fingerprint density at radius 2 is 2.00 bits per heavy atom. The number of hydrogen-bond donors (Lipinski definition) is 1. The molecule has 0 aliphatic carbocycles. The second-order valence-corrected chi connectivity index (χ2v) is 7.34. The maximum atomic E-state index is 13.7. The van der Waals surface area contributed by atoms with Crippen LogP contribution in [0.1, 0.15) is 25.3 Å². The highest BCUT2D eigenvalue weighted by Crippen LogP contribution is 2.18. The minimum atomic E-state index is -3.26. The van der Waals surface area contributed by atoms with Crippen molar-refractivity contribution in [3.8, 4) is 0 Å². The smallest absolute Gasteiger partial charge is 0.211 e. The molecule has 1 aliphatic rings. The fourth-order valence-electron chi connectivity index (χ4n) is 2.54. The highest BCUT2D eigenvalue weighted by molar-refractivity contribution is 7.89. The summed E-state index contributed by atoms with van der Waals surface area (Å²) in [6.45, 7) is 2.91. The second kappa shape index (κ2) is 6.81. The fourth-order valence-corrected chi connectivity index (χ4v) is 3.41. The van der Waals surface area contributed by atoms with E-state index in [9.17, 15) is 17.2 Å². The molecule has 1 aromatic rings. The number of nitrogens with zero attached hydrogens (tertiary/aromatic N) is 1. The number of rotatable bonds is 5. The van der Waals surface area contributed by atoms with E-state index in [0.29, 0.717) is 13.1 Å². The van der Waals surface area contributed by atoms with Gasteiger partial charge in [0.15, 0.2) is 0 Å². The molecule has 2 rings (SSSR count). The summed E-state index contributed by atoms with van der Waals surface area (Å²) in [5, 5.41) is 0. The predicted octanol–water partition coefficient (Wildman–Crippen LogP) is 1.87. The van der Waals surface area contributed by atoms with Gasteiger partial charge in [0.1, 0.15) is 11.6 Å². The van der Waals surface area contributed by atoms with Gasteiger partial charge in [-0.25, -0.2) is 21.9 Å². The highest BCUT2D eigenvalue weighted by atomic mass is 32.2. The number of sulfonamides is 1. The summed E-state index contributed by atoms with van der Waals surface area (Å²) in [4.78, 5) is 1.88. The van der Waals surface area contributed by atoms with Crippen LogP contribution in [0.15, 0.2) is 18.2 Å². The van der Waals surface area contributed by atoms with E-state index in [1.54, 1.807) is 6.92 Å². The van der Waals surface area contributed by atoms with Crippen LogP contribution in [0, 0.1) is 11.6 Å². The molecule has 1 atom stereocenters. The van der Waals surface area contributed by atoms with Crippen molar-refractivity contribution in [2.75, 3.05) is 18.8 Å². The largest absolute Gasteiger partial charge is 0.297 e. The monoisotopic (exact) mass is 318 g/mol. The Balaban J connectivity index is 2.02. The van der Waals surface area contributed by atoms with Crippen molar-refractivity contribution in [3.63, 3.8) is 0 Å². The van der Waals surface area contributed by atoms with Crippen LogP contribution < -0.4 is 4.72 Å². The van der Waals surface area contributed by atoms with Crippen LogP contribution in [0.2, 0.25) is 0 Å². The third kappa shape index (κ3) is 4.46. The van der Waals surface area contributed by atoms with Crippen LogP contribution >= 0.6 is 0 Å². The van der Waals surface area contributed by atoms with Crippen molar-refractivity contribution >= 4 is 10.0 Å². The molecule has 118 valence electrons. The van der Waals surface area contributed by atoms with Gasteiger partial charge in [0, 0.05) is 24.7 Å². The normalized spacial score (nSPS) is 20.6. The summed E-state index contributed by atoms with van der Waals surface area (Å²) in [6.07, 6.45) is 1.54. The number of likely N-dealkylation sites (tertiary alicyclic amines) is 1. The Hall–Kier alpha value is -1.05. The average Bonchev–Trinajstić information content (AvgIpc) is 2.43. The topological polar surface area (TPSA) is 49.4 Å². The van der Waals surface area contributed by atoms with Gasteiger partial charge in [-0.2, -0.15) is 0 Å². The summed E-state index contributed by atoms with van der Waals surface area (Å²) in [5.74, 6) is -1.09. The third-order valence-corrected chi connectivity index (χ3v) is 5.13. The Labute approximate surface area is 124 Å². The van der Waals surface area contributed by atoms with E-state index >= 15 is 0 Å². The summed E-state index contributed by atoms with van der Waals surface area (Å²) < 4.78 is 53.1. The van der Waals surface area contributed by atoms with Gasteiger partial charge in [-0.3, -0.25) is 4.90 Å². The molecule has 0 bridgehead atoms. The zero-order valence-corrected chi connectivity index (χ0v) is 12.8. The van der Waals surface area contributed by atoms with Gasteiger partial charge in [0.05, 0.1) is 5.75 Å². The van der Waals surface area contributed by atoms with Crippen LogP contribution in [0.4, 0.5) is 8.78 Å². The number of nitrogens with one attached hydrogen (secondary N) is 1. The molecule has 0 amide bonds. The molecule has 0 spiro atoms. The molecule has 0 radical (unpaired) electrons. The maximum absolute atomic E-state index is 13.7. The lowest BCUT2D eigenvalue weighted by Gasteiger charge is -2.33. The van der Waals surface area contributed by atoms with Crippen LogP contribution in [0.25, 0.3) is 0 Å². The molecule has 1 aliphatic heterocycles. The van der Waals surface area contributed by atoms with E-state index in [1.807, 2.05) is 4.90 Å². The highest BCUT2D eigenvalue weighted by Gasteiger charge is 2.24. The van der Waals surface area contributed by atoms with E-state index in [2.05, 4.69) is 4.72 Å². The van der Waals surface area contributed by atoms with E-state index in [1.165, 1.54) is 18.2 Å². The van der Waals surface area contributed by atoms with Crippen molar-refractivity contribution in [1.29, 1.82) is 0 Å². The number of piperidine rings is 1. The average molecular weight is 318 g/mol. The van der Waals surface area contributed by atoms with Crippen molar-refractivity contribution in [2.24, 2.45) is 0 Å². The first kappa shape index (κ1) is 16.3. The van der Waals surface area contributed by atoms with Gasteiger partial charge < -0.3 is 0 Å². The Bertz CT molecular complexity index is 572. The van der Waals surface area contributed by atoms with Gasteiger partial charge in [-0.15, -0.1) is 0 Å². The van der Waals surface area contributed by atoms with E-state index < -0.39 is 21.7 Å². The van der Waals surface area contributed by atoms with E-state index in [-0.39, 0.29) is 23.9 Å². The Morgan fingerprint density at radius 3 is 2.62 bits per heavy atom. The lowest BCUT2D eigenvalue weighted by atomic mass is 10.1.